The number of benzene rings is 1. The third-order valence-electron chi connectivity index (χ3n) is 2.60. The Balaban J connectivity index is 1.93. The van der Waals surface area contributed by atoms with Crippen LogP contribution in [0.4, 0.5) is 5.69 Å². The van der Waals surface area contributed by atoms with Gasteiger partial charge in [-0.15, -0.1) is 11.3 Å². The fraction of sp³-hybridized carbons (Fsp3) is 0.143. The van der Waals surface area contributed by atoms with Crippen molar-refractivity contribution in [1.29, 1.82) is 0 Å². The van der Waals surface area contributed by atoms with Crippen molar-refractivity contribution in [2.45, 2.75) is 6.92 Å². The number of anilines is 1. The first-order valence-electron chi connectivity index (χ1n) is 5.98. The second-order valence-electron chi connectivity index (χ2n) is 3.99. The van der Waals surface area contributed by atoms with E-state index in [0.717, 1.165) is 16.3 Å². The van der Waals surface area contributed by atoms with Gasteiger partial charge in [-0.05, 0) is 48.3 Å². The summed E-state index contributed by atoms with van der Waals surface area (Å²) in [4.78, 5) is 1.11. The number of thiocarbonyl (C=S) groups is 1. The highest BCUT2D eigenvalue weighted by Crippen LogP contribution is 2.22. The molecule has 6 heteroatoms. The predicted octanol–water partition coefficient (Wildman–Crippen LogP) is 3.39. The van der Waals surface area contributed by atoms with Crippen LogP contribution in [0.3, 0.4) is 0 Å². The quantitative estimate of drug-likeness (QED) is 0.516. The molecule has 0 amide bonds. The van der Waals surface area contributed by atoms with Crippen LogP contribution < -0.4 is 15.5 Å². The predicted molar refractivity (Wildman–Crippen MR) is 89.0 cm³/mol. The molecule has 0 saturated carbocycles. The monoisotopic (exact) mass is 305 g/mol. The molecule has 0 spiro atoms. The zero-order chi connectivity index (χ0) is 14.4. The number of thiophene rings is 1. The maximum atomic E-state index is 5.24. The number of ether oxygens (including phenoxy) is 1. The van der Waals surface area contributed by atoms with E-state index in [9.17, 15) is 0 Å². The lowest BCUT2D eigenvalue weighted by atomic mass is 10.3. The van der Waals surface area contributed by atoms with Crippen molar-refractivity contribution < 1.29 is 4.74 Å². The van der Waals surface area contributed by atoms with Crippen molar-refractivity contribution in [1.82, 2.24) is 5.43 Å². The molecule has 0 atom stereocenters. The molecule has 0 bridgehead atoms. The van der Waals surface area contributed by atoms with Gasteiger partial charge in [0.05, 0.1) is 19.0 Å². The zero-order valence-corrected chi connectivity index (χ0v) is 12.8. The van der Waals surface area contributed by atoms with Gasteiger partial charge in [0.15, 0.2) is 5.11 Å². The second kappa shape index (κ2) is 7.02. The Bertz CT molecular complexity index is 622. The highest BCUT2D eigenvalue weighted by molar-refractivity contribution is 7.80. The molecule has 2 rings (SSSR count). The van der Waals surface area contributed by atoms with E-state index in [0.29, 0.717) is 5.11 Å². The highest BCUT2D eigenvalue weighted by Gasteiger charge is 2.02. The average Bonchev–Trinajstić information content (AvgIpc) is 2.85. The van der Waals surface area contributed by atoms with Gasteiger partial charge in [0.2, 0.25) is 0 Å². The number of aryl methyl sites for hydroxylation is 1. The SMILES string of the molecule is COc1ccccc1NC(=S)N/N=C\c1sccc1C. The largest absolute Gasteiger partial charge is 0.495 e. The molecule has 1 aromatic carbocycles. The van der Waals surface area contributed by atoms with Gasteiger partial charge in [0, 0.05) is 4.88 Å². The summed E-state index contributed by atoms with van der Waals surface area (Å²) in [6.07, 6.45) is 1.76. The van der Waals surface area contributed by atoms with Crippen LogP contribution in [-0.4, -0.2) is 18.4 Å². The van der Waals surface area contributed by atoms with Crippen LogP contribution in [0.2, 0.25) is 0 Å². The van der Waals surface area contributed by atoms with Crippen molar-refractivity contribution in [3.05, 3.63) is 46.2 Å². The Labute approximate surface area is 127 Å². The van der Waals surface area contributed by atoms with E-state index in [2.05, 4.69) is 21.9 Å². The average molecular weight is 305 g/mol. The normalized spacial score (nSPS) is 10.5. The van der Waals surface area contributed by atoms with Gasteiger partial charge < -0.3 is 10.1 Å². The van der Waals surface area contributed by atoms with Crippen LogP contribution in [0, 0.1) is 6.92 Å². The molecule has 1 heterocycles. The lowest BCUT2D eigenvalue weighted by Gasteiger charge is -2.10. The number of methoxy groups -OCH3 is 1. The standard InChI is InChI=1S/C14H15N3OS2/c1-10-7-8-20-13(10)9-15-17-14(19)16-11-5-3-4-6-12(11)18-2/h3-9H,1-2H3,(H2,16,17,19)/b15-9-. The third kappa shape index (κ3) is 3.79. The van der Waals surface area contributed by atoms with Crippen molar-refractivity contribution >= 4 is 40.6 Å². The number of nitrogens with zero attached hydrogens (tertiary/aromatic N) is 1. The molecule has 4 nitrogen and oxygen atoms in total. The van der Waals surface area contributed by atoms with E-state index in [1.165, 1.54) is 5.56 Å². The summed E-state index contributed by atoms with van der Waals surface area (Å²) in [7, 11) is 1.62. The molecule has 2 N–H and O–H groups in total. The third-order valence-corrected chi connectivity index (χ3v) is 3.75. The van der Waals surface area contributed by atoms with Crippen molar-refractivity contribution in [3.8, 4) is 5.75 Å². The van der Waals surface area contributed by atoms with Crippen LogP contribution in [0.5, 0.6) is 5.75 Å². The molecule has 0 aliphatic heterocycles. The molecule has 20 heavy (non-hydrogen) atoms. The molecule has 0 fully saturated rings. The summed E-state index contributed by atoms with van der Waals surface area (Å²) in [5.41, 5.74) is 4.79. The fourth-order valence-electron chi connectivity index (χ4n) is 1.56. The highest BCUT2D eigenvalue weighted by atomic mass is 32.1. The molecular formula is C14H15N3OS2. The number of para-hydroxylation sites is 2. The molecular weight excluding hydrogens is 290 g/mol. The van der Waals surface area contributed by atoms with Gasteiger partial charge in [0.25, 0.3) is 0 Å². The number of nitrogens with one attached hydrogen (secondary N) is 2. The number of rotatable bonds is 4. The molecule has 1 aromatic heterocycles. The van der Waals surface area contributed by atoms with E-state index in [1.807, 2.05) is 36.6 Å². The van der Waals surface area contributed by atoms with Crippen molar-refractivity contribution in [2.75, 3.05) is 12.4 Å². The number of hydrogen-bond acceptors (Lipinski definition) is 4. The summed E-state index contributed by atoms with van der Waals surface area (Å²) in [6.45, 7) is 2.04. The summed E-state index contributed by atoms with van der Waals surface area (Å²) in [5.74, 6) is 0.731. The summed E-state index contributed by atoms with van der Waals surface area (Å²) in [6, 6.07) is 9.62. The van der Waals surface area contributed by atoms with Gasteiger partial charge in [-0.3, -0.25) is 5.43 Å². The molecule has 0 unspecified atom stereocenters. The van der Waals surface area contributed by atoms with Gasteiger partial charge >= 0.3 is 0 Å². The lowest BCUT2D eigenvalue weighted by Crippen LogP contribution is -2.24. The first-order chi connectivity index (χ1) is 9.70. The molecule has 2 aromatic rings. The van der Waals surface area contributed by atoms with E-state index in [-0.39, 0.29) is 0 Å². The van der Waals surface area contributed by atoms with Crippen LogP contribution in [-0.2, 0) is 0 Å². The minimum atomic E-state index is 0.417. The summed E-state index contributed by atoms with van der Waals surface area (Å²) >= 11 is 6.82. The Morgan fingerprint density at radius 1 is 1.35 bits per heavy atom. The zero-order valence-electron chi connectivity index (χ0n) is 11.2. The number of hydrogen-bond donors (Lipinski definition) is 2. The fourth-order valence-corrected chi connectivity index (χ4v) is 2.51. The van der Waals surface area contributed by atoms with Crippen LogP contribution in [0.15, 0.2) is 40.8 Å². The van der Waals surface area contributed by atoms with Gasteiger partial charge in [0.1, 0.15) is 5.75 Å². The Morgan fingerprint density at radius 2 is 2.15 bits per heavy atom. The van der Waals surface area contributed by atoms with Gasteiger partial charge in [-0.25, -0.2) is 0 Å². The van der Waals surface area contributed by atoms with E-state index in [4.69, 9.17) is 17.0 Å². The lowest BCUT2D eigenvalue weighted by molar-refractivity contribution is 0.417. The van der Waals surface area contributed by atoms with Crippen LogP contribution in [0.25, 0.3) is 0 Å². The smallest absolute Gasteiger partial charge is 0.191 e. The first kappa shape index (κ1) is 14.5. The first-order valence-corrected chi connectivity index (χ1v) is 7.26. The molecule has 0 aliphatic carbocycles. The molecule has 0 saturated heterocycles. The topological polar surface area (TPSA) is 45.6 Å². The van der Waals surface area contributed by atoms with Crippen molar-refractivity contribution in [3.63, 3.8) is 0 Å². The molecule has 0 aliphatic rings. The maximum Gasteiger partial charge on any atom is 0.191 e. The molecule has 104 valence electrons. The minimum absolute atomic E-state index is 0.417. The molecule has 0 radical (unpaired) electrons. The minimum Gasteiger partial charge on any atom is -0.495 e. The maximum absolute atomic E-state index is 5.24. The van der Waals surface area contributed by atoms with Gasteiger partial charge in [-0.1, -0.05) is 12.1 Å². The number of hydrazone groups is 1. The Kier molecular flexibility index (Phi) is 5.09. The van der Waals surface area contributed by atoms with E-state index < -0.39 is 0 Å². The van der Waals surface area contributed by atoms with E-state index >= 15 is 0 Å². The van der Waals surface area contributed by atoms with Gasteiger partial charge in [-0.2, -0.15) is 5.10 Å². The van der Waals surface area contributed by atoms with Crippen LogP contribution >= 0.6 is 23.6 Å². The van der Waals surface area contributed by atoms with Crippen molar-refractivity contribution in [2.24, 2.45) is 5.10 Å². The Morgan fingerprint density at radius 3 is 2.85 bits per heavy atom. The summed E-state index contributed by atoms with van der Waals surface area (Å²) < 4.78 is 5.24. The Hall–Kier alpha value is -1.92. The second-order valence-corrected chi connectivity index (χ2v) is 5.35. The summed E-state index contributed by atoms with van der Waals surface area (Å²) in [5, 5.41) is 9.60. The van der Waals surface area contributed by atoms with Crippen LogP contribution in [0.1, 0.15) is 10.4 Å². The van der Waals surface area contributed by atoms with E-state index in [1.54, 1.807) is 24.7 Å².